The van der Waals surface area contributed by atoms with Gasteiger partial charge in [-0.05, 0) is 25.3 Å². The maximum atomic E-state index is 10.9. The molecule has 2 rings (SSSR count). The van der Waals surface area contributed by atoms with Crippen molar-refractivity contribution in [3.05, 3.63) is 46.8 Å². The van der Waals surface area contributed by atoms with Gasteiger partial charge in [0.2, 0.25) is 6.50 Å². The van der Waals surface area contributed by atoms with Gasteiger partial charge in [0.25, 0.3) is 0 Å². The third-order valence-electron chi connectivity index (χ3n) is 3.86. The molecule has 96 valence electrons. The lowest BCUT2D eigenvalue weighted by Gasteiger charge is -2.37. The molecule has 1 N–H and O–H groups in total. The van der Waals surface area contributed by atoms with Gasteiger partial charge >= 0.3 is 0 Å². The largest absolute Gasteiger partial charge is 0.389 e. The molecule has 1 aromatic rings. The molecule has 2 nitrogen and oxygen atoms in total. The van der Waals surface area contributed by atoms with E-state index < -0.39 is 18.0 Å². The van der Waals surface area contributed by atoms with Crippen molar-refractivity contribution < 1.29 is 7.85 Å². The summed E-state index contributed by atoms with van der Waals surface area (Å²) in [7, 11) is 0. The Morgan fingerprint density at radius 1 is 1.33 bits per heavy atom. The van der Waals surface area contributed by atoms with Crippen molar-refractivity contribution in [1.82, 2.24) is 0 Å². The summed E-state index contributed by atoms with van der Waals surface area (Å²) in [6, 6.07) is 7.51. The Bertz CT molecular complexity index is 498. The molecular formula is C16H21NO. The van der Waals surface area contributed by atoms with Crippen molar-refractivity contribution >= 4 is 0 Å². The summed E-state index contributed by atoms with van der Waals surface area (Å²) in [6.45, 7) is 7.06. The zero-order chi connectivity index (χ0) is 14.8. The number of nitrogens with zero attached hydrogens (tertiary/aromatic N) is 1. The number of benzene rings is 1. The van der Waals surface area contributed by atoms with Crippen molar-refractivity contribution in [3.8, 4) is 0 Å². The molecule has 0 aliphatic heterocycles. The first-order valence-electron chi connectivity index (χ1n) is 7.57. The number of aliphatic hydroxyl groups is 1. The van der Waals surface area contributed by atoms with Crippen LogP contribution in [0.5, 0.6) is 0 Å². The van der Waals surface area contributed by atoms with Crippen LogP contribution in [0.3, 0.4) is 0 Å². The standard InChI is InChI=1S/C16H21NO/c1-13-6-8-14(9-7-13)15(12-17-2)16(18)10-4-3-5-11-16/h6-9,15,18H,3-5,10-12H2,1H3/i12D2. The lowest BCUT2D eigenvalue weighted by molar-refractivity contribution is -0.0175. The highest BCUT2D eigenvalue weighted by atomic mass is 16.3. The van der Waals surface area contributed by atoms with E-state index in [2.05, 4.69) is 4.85 Å². The molecule has 2 heteroatoms. The predicted molar refractivity (Wildman–Crippen MR) is 73.4 cm³/mol. The number of hydrogen-bond donors (Lipinski definition) is 1. The fraction of sp³-hybridized carbons (Fsp3) is 0.562. The van der Waals surface area contributed by atoms with Crippen molar-refractivity contribution in [2.75, 3.05) is 6.50 Å². The van der Waals surface area contributed by atoms with Gasteiger partial charge in [0, 0.05) is 0 Å². The van der Waals surface area contributed by atoms with E-state index in [1.54, 1.807) is 0 Å². The Hall–Kier alpha value is -1.33. The van der Waals surface area contributed by atoms with Crippen LogP contribution in [0.15, 0.2) is 24.3 Å². The van der Waals surface area contributed by atoms with E-state index in [9.17, 15) is 5.11 Å². The zero-order valence-corrected chi connectivity index (χ0v) is 10.8. The van der Waals surface area contributed by atoms with Gasteiger partial charge in [0.1, 0.15) is 2.74 Å². The maximum Gasteiger partial charge on any atom is 0.224 e. The van der Waals surface area contributed by atoms with Gasteiger partial charge in [-0.2, -0.15) is 0 Å². The van der Waals surface area contributed by atoms with E-state index in [0.717, 1.165) is 30.4 Å². The van der Waals surface area contributed by atoms with Gasteiger partial charge in [-0.25, -0.2) is 6.57 Å². The van der Waals surface area contributed by atoms with Gasteiger partial charge < -0.3 is 9.95 Å². The average Bonchev–Trinajstić information content (AvgIpc) is 2.42. The Balaban J connectivity index is 2.45. The number of aryl methyl sites for hydroxylation is 1. The summed E-state index contributed by atoms with van der Waals surface area (Å²) in [5.74, 6) is -0.784. The lowest BCUT2D eigenvalue weighted by atomic mass is 9.73. The van der Waals surface area contributed by atoms with Gasteiger partial charge in [-0.1, -0.05) is 49.1 Å². The summed E-state index contributed by atoms with van der Waals surface area (Å²) in [6.07, 6.45) is 4.00. The first kappa shape index (κ1) is 10.6. The molecule has 0 radical (unpaired) electrons. The van der Waals surface area contributed by atoms with E-state index in [0.29, 0.717) is 12.8 Å². The molecule has 0 amide bonds. The zero-order valence-electron chi connectivity index (χ0n) is 12.8. The molecule has 1 atom stereocenters. The average molecular weight is 245 g/mol. The highest BCUT2D eigenvalue weighted by molar-refractivity contribution is 5.28. The molecule has 0 spiro atoms. The minimum Gasteiger partial charge on any atom is -0.389 e. The molecule has 1 aliphatic carbocycles. The fourth-order valence-corrected chi connectivity index (χ4v) is 2.78. The van der Waals surface area contributed by atoms with Crippen molar-refractivity contribution in [2.24, 2.45) is 0 Å². The number of rotatable bonds is 3. The minimum atomic E-state index is -2.08. The van der Waals surface area contributed by atoms with Crippen molar-refractivity contribution in [3.63, 3.8) is 0 Å². The van der Waals surface area contributed by atoms with Crippen LogP contribution in [0.4, 0.5) is 0 Å². The quantitative estimate of drug-likeness (QED) is 0.807. The highest BCUT2D eigenvalue weighted by Gasteiger charge is 2.40. The normalized spacial score (nSPS) is 22.5. The van der Waals surface area contributed by atoms with Crippen LogP contribution in [-0.4, -0.2) is 17.2 Å². The Morgan fingerprint density at radius 2 is 1.94 bits per heavy atom. The maximum absolute atomic E-state index is 10.9. The van der Waals surface area contributed by atoms with Gasteiger partial charge in [-0.15, -0.1) is 0 Å². The smallest absolute Gasteiger partial charge is 0.224 e. The summed E-state index contributed by atoms with van der Waals surface area (Å²) in [5.41, 5.74) is 0.703. The van der Waals surface area contributed by atoms with E-state index in [1.165, 1.54) is 0 Å². The van der Waals surface area contributed by atoms with Gasteiger partial charge in [-0.3, -0.25) is 0 Å². The molecule has 0 bridgehead atoms. The van der Waals surface area contributed by atoms with Crippen LogP contribution in [0, 0.1) is 13.5 Å². The van der Waals surface area contributed by atoms with Gasteiger partial charge in [0.05, 0.1) is 11.5 Å². The van der Waals surface area contributed by atoms with Crippen LogP contribution in [0.2, 0.25) is 0 Å². The van der Waals surface area contributed by atoms with Crippen LogP contribution >= 0.6 is 0 Å². The molecule has 0 saturated heterocycles. The van der Waals surface area contributed by atoms with Crippen LogP contribution < -0.4 is 0 Å². The summed E-state index contributed by atoms with van der Waals surface area (Å²) < 4.78 is 16.1. The minimum absolute atomic E-state index is 0.570. The highest BCUT2D eigenvalue weighted by Crippen LogP contribution is 2.40. The third-order valence-corrected chi connectivity index (χ3v) is 3.86. The first-order chi connectivity index (χ1) is 9.39. The van der Waals surface area contributed by atoms with Crippen LogP contribution in [0.1, 0.15) is 51.9 Å². The lowest BCUT2D eigenvalue weighted by Crippen LogP contribution is -2.39. The fourth-order valence-electron chi connectivity index (χ4n) is 2.78. The third kappa shape index (κ3) is 2.73. The Kier molecular flexibility index (Phi) is 3.26. The van der Waals surface area contributed by atoms with E-state index in [1.807, 2.05) is 31.2 Å². The first-order valence-corrected chi connectivity index (χ1v) is 6.57. The molecule has 1 aromatic carbocycles. The molecule has 1 aliphatic rings. The Morgan fingerprint density at radius 3 is 2.50 bits per heavy atom. The molecular weight excluding hydrogens is 222 g/mol. The van der Waals surface area contributed by atoms with Crippen LogP contribution in [0.25, 0.3) is 4.85 Å². The second kappa shape index (κ2) is 5.54. The van der Waals surface area contributed by atoms with Crippen molar-refractivity contribution in [2.45, 2.75) is 50.5 Å². The summed E-state index contributed by atoms with van der Waals surface area (Å²) in [4.78, 5) is 3.16. The second-order valence-corrected chi connectivity index (χ2v) is 5.25. The predicted octanol–water partition coefficient (Wildman–Crippen LogP) is 3.69. The molecule has 1 saturated carbocycles. The van der Waals surface area contributed by atoms with E-state index >= 15 is 0 Å². The monoisotopic (exact) mass is 245 g/mol. The SMILES string of the molecule is [2H]C([2H])([N+]#[C-])C(c1ccc(C)cc1)C1(O)CCCCC1. The van der Waals surface area contributed by atoms with E-state index in [-0.39, 0.29) is 0 Å². The Labute approximate surface area is 112 Å². The van der Waals surface area contributed by atoms with Crippen LogP contribution in [-0.2, 0) is 0 Å². The van der Waals surface area contributed by atoms with Gasteiger partial charge in [0.15, 0.2) is 0 Å². The molecule has 18 heavy (non-hydrogen) atoms. The van der Waals surface area contributed by atoms with Crippen molar-refractivity contribution in [1.29, 1.82) is 0 Å². The topological polar surface area (TPSA) is 24.6 Å². The summed E-state index contributed by atoms with van der Waals surface area (Å²) in [5, 5.41) is 10.9. The molecule has 0 heterocycles. The molecule has 1 fully saturated rings. The summed E-state index contributed by atoms with van der Waals surface area (Å²) >= 11 is 0. The second-order valence-electron chi connectivity index (χ2n) is 5.25. The van der Waals surface area contributed by atoms with E-state index in [4.69, 9.17) is 9.31 Å². The molecule has 1 unspecified atom stereocenters. The number of hydrogen-bond acceptors (Lipinski definition) is 1. The molecule has 0 aromatic heterocycles.